The summed E-state index contributed by atoms with van der Waals surface area (Å²) in [6, 6.07) is 17.2. The van der Waals surface area contributed by atoms with E-state index in [1.165, 1.54) is 17.7 Å². The first-order chi connectivity index (χ1) is 12.2. The van der Waals surface area contributed by atoms with E-state index in [0.29, 0.717) is 0 Å². The van der Waals surface area contributed by atoms with E-state index in [0.717, 1.165) is 56.4 Å². The lowest BCUT2D eigenvalue weighted by molar-refractivity contribution is 0.174. The second-order valence-corrected chi connectivity index (χ2v) is 6.74. The van der Waals surface area contributed by atoms with Crippen molar-refractivity contribution in [1.82, 2.24) is 15.1 Å². The van der Waals surface area contributed by atoms with Crippen LogP contribution in [-0.4, -0.2) is 47.6 Å². The van der Waals surface area contributed by atoms with Crippen LogP contribution in [0, 0.1) is 5.82 Å². The van der Waals surface area contributed by atoms with Crippen LogP contribution in [0.4, 0.5) is 4.39 Å². The number of nitrogens with one attached hydrogen (secondary N) is 1. The van der Waals surface area contributed by atoms with Crippen molar-refractivity contribution in [3.05, 3.63) is 71.5 Å². The molecule has 3 nitrogen and oxygen atoms in total. The molecule has 2 aromatic rings. The Morgan fingerprint density at radius 2 is 1.60 bits per heavy atom. The minimum Gasteiger partial charge on any atom is -0.362 e. The normalized spacial score (nSPS) is 15.2. The average Bonchev–Trinajstić information content (AvgIpc) is 2.65. The van der Waals surface area contributed by atoms with E-state index in [1.54, 1.807) is 0 Å². The quantitative estimate of drug-likeness (QED) is 0.829. The van der Waals surface area contributed by atoms with E-state index < -0.39 is 0 Å². The van der Waals surface area contributed by atoms with E-state index in [9.17, 15) is 4.39 Å². The Morgan fingerprint density at radius 3 is 2.28 bits per heavy atom. The van der Waals surface area contributed by atoms with Gasteiger partial charge in [0.25, 0.3) is 0 Å². The molecule has 0 saturated carbocycles. The lowest BCUT2D eigenvalue weighted by Crippen LogP contribution is -2.51. The van der Waals surface area contributed by atoms with Crippen molar-refractivity contribution in [2.75, 3.05) is 32.7 Å². The van der Waals surface area contributed by atoms with E-state index >= 15 is 0 Å². The molecule has 1 saturated heterocycles. The summed E-state index contributed by atoms with van der Waals surface area (Å²) in [4.78, 5) is 4.62. The van der Waals surface area contributed by atoms with E-state index in [4.69, 9.17) is 12.2 Å². The number of rotatable bonds is 5. The lowest BCUT2D eigenvalue weighted by atomic mass is 10.1. The third kappa shape index (κ3) is 5.51. The Labute approximate surface area is 154 Å². The van der Waals surface area contributed by atoms with Gasteiger partial charge in [0.2, 0.25) is 0 Å². The number of halogens is 1. The van der Waals surface area contributed by atoms with Crippen molar-refractivity contribution in [2.45, 2.75) is 13.0 Å². The van der Waals surface area contributed by atoms with Crippen LogP contribution in [0.5, 0.6) is 0 Å². The Morgan fingerprint density at radius 1 is 0.920 bits per heavy atom. The molecule has 0 unspecified atom stereocenters. The molecule has 0 aromatic heterocycles. The highest BCUT2D eigenvalue weighted by molar-refractivity contribution is 7.80. The van der Waals surface area contributed by atoms with E-state index in [-0.39, 0.29) is 5.82 Å². The van der Waals surface area contributed by atoms with E-state index in [1.807, 2.05) is 18.2 Å². The maximum Gasteiger partial charge on any atom is 0.169 e. The van der Waals surface area contributed by atoms with E-state index in [2.05, 4.69) is 39.4 Å². The molecule has 1 heterocycles. The van der Waals surface area contributed by atoms with Gasteiger partial charge in [0.15, 0.2) is 5.11 Å². The second-order valence-electron chi connectivity index (χ2n) is 6.36. The highest BCUT2D eigenvalue weighted by Gasteiger charge is 2.18. The van der Waals surface area contributed by atoms with Crippen LogP contribution in [0.2, 0.25) is 0 Å². The Bertz CT molecular complexity index is 667. The molecule has 0 atom stereocenters. The van der Waals surface area contributed by atoms with Gasteiger partial charge in [-0.15, -0.1) is 0 Å². The lowest BCUT2D eigenvalue weighted by Gasteiger charge is -2.36. The van der Waals surface area contributed by atoms with Crippen molar-refractivity contribution in [2.24, 2.45) is 0 Å². The minimum atomic E-state index is -0.180. The van der Waals surface area contributed by atoms with Crippen LogP contribution in [-0.2, 0) is 13.0 Å². The first-order valence-corrected chi connectivity index (χ1v) is 9.15. The summed E-state index contributed by atoms with van der Waals surface area (Å²) in [7, 11) is 0. The fourth-order valence-corrected chi connectivity index (χ4v) is 3.31. The molecule has 0 bridgehead atoms. The highest BCUT2D eigenvalue weighted by Crippen LogP contribution is 2.10. The number of nitrogens with zero attached hydrogens (tertiary/aromatic N) is 2. The summed E-state index contributed by atoms with van der Waals surface area (Å²) in [6.45, 7) is 5.52. The van der Waals surface area contributed by atoms with Gasteiger partial charge >= 0.3 is 0 Å². The van der Waals surface area contributed by atoms with Crippen molar-refractivity contribution < 1.29 is 4.39 Å². The molecule has 1 fully saturated rings. The van der Waals surface area contributed by atoms with Crippen LogP contribution < -0.4 is 5.32 Å². The molecule has 132 valence electrons. The third-order valence-electron chi connectivity index (χ3n) is 4.51. The van der Waals surface area contributed by atoms with Gasteiger partial charge in [-0.25, -0.2) is 4.39 Å². The van der Waals surface area contributed by atoms with Gasteiger partial charge in [-0.1, -0.05) is 42.5 Å². The summed E-state index contributed by atoms with van der Waals surface area (Å²) < 4.78 is 13.0. The third-order valence-corrected chi connectivity index (χ3v) is 4.91. The summed E-state index contributed by atoms with van der Waals surface area (Å²) >= 11 is 5.53. The molecule has 25 heavy (non-hydrogen) atoms. The van der Waals surface area contributed by atoms with Crippen LogP contribution in [0.15, 0.2) is 54.6 Å². The molecule has 5 heteroatoms. The van der Waals surface area contributed by atoms with Crippen LogP contribution in [0.3, 0.4) is 0 Å². The molecule has 0 radical (unpaired) electrons. The van der Waals surface area contributed by atoms with Crippen molar-refractivity contribution >= 4 is 17.3 Å². The van der Waals surface area contributed by atoms with Gasteiger partial charge in [-0.2, -0.15) is 0 Å². The molecule has 2 aromatic carbocycles. The van der Waals surface area contributed by atoms with Crippen molar-refractivity contribution in [3.63, 3.8) is 0 Å². The van der Waals surface area contributed by atoms with Gasteiger partial charge in [0.1, 0.15) is 5.82 Å². The predicted octanol–water partition coefficient (Wildman–Crippen LogP) is 3.06. The van der Waals surface area contributed by atoms with Gasteiger partial charge in [0.05, 0.1) is 0 Å². The zero-order valence-electron chi connectivity index (χ0n) is 14.3. The van der Waals surface area contributed by atoms with Crippen LogP contribution in [0.25, 0.3) is 0 Å². The number of thiocarbonyl (C=S) groups is 1. The summed E-state index contributed by atoms with van der Waals surface area (Å²) in [5, 5.41) is 4.21. The molecule has 0 aliphatic carbocycles. The average molecular weight is 357 g/mol. The number of piperazine rings is 1. The maximum absolute atomic E-state index is 13.0. The van der Waals surface area contributed by atoms with Gasteiger partial charge in [-0.3, -0.25) is 4.90 Å². The van der Waals surface area contributed by atoms with Gasteiger partial charge < -0.3 is 10.2 Å². The van der Waals surface area contributed by atoms with Crippen LogP contribution in [0.1, 0.15) is 11.1 Å². The SMILES string of the molecule is Fc1ccc(CN2CCN(C(=S)NCCc3ccccc3)CC2)cc1. The molecule has 1 aliphatic heterocycles. The number of hydrogen-bond donors (Lipinski definition) is 1. The molecule has 0 amide bonds. The largest absolute Gasteiger partial charge is 0.362 e. The Hall–Kier alpha value is -1.98. The molecular formula is C20H24FN3S. The molecule has 0 spiro atoms. The predicted molar refractivity (Wildman–Crippen MR) is 104 cm³/mol. The molecule has 1 aliphatic rings. The zero-order valence-corrected chi connectivity index (χ0v) is 15.1. The van der Waals surface area contributed by atoms with Crippen molar-refractivity contribution in [1.29, 1.82) is 0 Å². The molecule has 1 N–H and O–H groups in total. The second kappa shape index (κ2) is 8.92. The van der Waals surface area contributed by atoms with Gasteiger partial charge in [0, 0.05) is 39.3 Å². The standard InChI is InChI=1S/C20H24FN3S/c21-19-8-6-18(7-9-19)16-23-12-14-24(15-13-23)20(25)22-11-10-17-4-2-1-3-5-17/h1-9H,10-16H2,(H,22,25). The zero-order chi connectivity index (χ0) is 17.5. The highest BCUT2D eigenvalue weighted by atomic mass is 32.1. The van der Waals surface area contributed by atoms with Gasteiger partial charge in [-0.05, 0) is 41.9 Å². The maximum atomic E-state index is 13.0. The number of benzene rings is 2. The Kier molecular flexibility index (Phi) is 6.36. The Balaban J connectivity index is 1.38. The topological polar surface area (TPSA) is 18.5 Å². The smallest absolute Gasteiger partial charge is 0.169 e. The first-order valence-electron chi connectivity index (χ1n) is 8.74. The summed E-state index contributed by atoms with van der Waals surface area (Å²) in [6.07, 6.45) is 0.978. The van der Waals surface area contributed by atoms with Crippen molar-refractivity contribution in [3.8, 4) is 0 Å². The first kappa shape index (κ1) is 17.8. The minimum absolute atomic E-state index is 0.180. The monoisotopic (exact) mass is 357 g/mol. The van der Waals surface area contributed by atoms with Crippen LogP contribution >= 0.6 is 12.2 Å². The summed E-state index contributed by atoms with van der Waals surface area (Å²) in [5.74, 6) is -0.180. The molecule has 3 rings (SSSR count). The number of hydrogen-bond acceptors (Lipinski definition) is 2. The summed E-state index contributed by atoms with van der Waals surface area (Å²) in [5.41, 5.74) is 2.47. The fourth-order valence-electron chi connectivity index (χ4n) is 3.03. The fraction of sp³-hybridized carbons (Fsp3) is 0.350. The molecular weight excluding hydrogens is 333 g/mol.